The number of hydrogen-bond donors (Lipinski definition) is 1. The predicted molar refractivity (Wildman–Crippen MR) is 105 cm³/mol. The van der Waals surface area contributed by atoms with E-state index in [1.807, 2.05) is 26.0 Å². The van der Waals surface area contributed by atoms with Gasteiger partial charge in [-0.1, -0.05) is 18.2 Å². The third kappa shape index (κ3) is 2.63. The molecule has 1 aromatic rings. The number of rotatable bonds is 3. The minimum atomic E-state index is -0.539. The third-order valence-electron chi connectivity index (χ3n) is 6.76. The van der Waals surface area contributed by atoms with E-state index in [9.17, 15) is 5.11 Å². The summed E-state index contributed by atoms with van der Waals surface area (Å²) in [5.41, 5.74) is 2.60. The molecule has 2 heterocycles. The van der Waals surface area contributed by atoms with E-state index in [0.717, 1.165) is 44.1 Å². The van der Waals surface area contributed by atoms with Crippen molar-refractivity contribution in [2.45, 2.75) is 50.4 Å². The van der Waals surface area contributed by atoms with Gasteiger partial charge in [-0.15, -0.1) is 0 Å². The van der Waals surface area contributed by atoms with Crippen molar-refractivity contribution < 1.29 is 19.3 Å². The lowest BCUT2D eigenvalue weighted by Crippen LogP contribution is -2.64. The van der Waals surface area contributed by atoms with Crippen molar-refractivity contribution in [2.24, 2.45) is 5.92 Å². The molecule has 1 aromatic carbocycles. The molecule has 5 rings (SSSR count). The maximum absolute atomic E-state index is 10.6. The highest BCUT2D eigenvalue weighted by atomic mass is 16.5. The number of nitrogens with zero attached hydrogens (tertiary/aromatic N) is 1. The van der Waals surface area contributed by atoms with Gasteiger partial charge in [0.05, 0.1) is 7.11 Å². The molecule has 1 saturated heterocycles. The van der Waals surface area contributed by atoms with Crippen molar-refractivity contribution in [3.8, 4) is 11.5 Å². The molecular formula is C22H31NO4. The van der Waals surface area contributed by atoms with Crippen molar-refractivity contribution in [1.29, 1.82) is 0 Å². The van der Waals surface area contributed by atoms with Crippen LogP contribution in [0.25, 0.3) is 0 Å². The molecule has 0 unspecified atom stereocenters. The number of likely N-dealkylation sites (N-methyl/N-ethyl adjacent to an activating group) is 1. The lowest BCUT2D eigenvalue weighted by atomic mass is 9.53. The van der Waals surface area contributed by atoms with Crippen LogP contribution in [-0.2, 0) is 16.6 Å². The Bertz CT molecular complexity index is 731. The number of likely N-dealkylation sites (tertiary alicyclic amines) is 1. The summed E-state index contributed by atoms with van der Waals surface area (Å²) in [5.74, 6) is 2.09. The Morgan fingerprint density at radius 3 is 2.70 bits per heavy atom. The average Bonchev–Trinajstić information content (AvgIpc) is 3.03. The van der Waals surface area contributed by atoms with Gasteiger partial charge < -0.3 is 24.2 Å². The number of hydrogen-bond acceptors (Lipinski definition) is 5. The molecule has 148 valence electrons. The average molecular weight is 373 g/mol. The van der Waals surface area contributed by atoms with Gasteiger partial charge in [0.1, 0.15) is 12.2 Å². The number of methoxy groups -OCH3 is 1. The molecular weight excluding hydrogens is 342 g/mol. The van der Waals surface area contributed by atoms with E-state index in [0.29, 0.717) is 12.0 Å². The SMILES string of the molecule is CCOCC.COc1ccc2c3c1O[C@H]1[C@@H](O)C=C[C@H]4[C@@H](C2)N(C)CC[C@@]341. The molecule has 0 aromatic heterocycles. The summed E-state index contributed by atoms with van der Waals surface area (Å²) in [6.45, 7) is 6.72. The molecule has 27 heavy (non-hydrogen) atoms. The zero-order valence-electron chi connectivity index (χ0n) is 16.8. The smallest absolute Gasteiger partial charge is 0.165 e. The Hall–Kier alpha value is -1.56. The molecule has 2 aliphatic carbocycles. The normalized spacial score (nSPS) is 35.0. The van der Waals surface area contributed by atoms with Crippen LogP contribution in [0.4, 0.5) is 0 Å². The maximum atomic E-state index is 10.6. The van der Waals surface area contributed by atoms with Crippen molar-refractivity contribution >= 4 is 0 Å². The fourth-order valence-electron chi connectivity index (χ4n) is 5.59. The minimum absolute atomic E-state index is 0.0806. The van der Waals surface area contributed by atoms with E-state index >= 15 is 0 Å². The van der Waals surface area contributed by atoms with Crippen molar-refractivity contribution in [3.05, 3.63) is 35.4 Å². The molecule has 1 N–H and O–H groups in total. The van der Waals surface area contributed by atoms with Crippen molar-refractivity contribution in [2.75, 3.05) is 33.9 Å². The van der Waals surface area contributed by atoms with Gasteiger partial charge >= 0.3 is 0 Å². The van der Waals surface area contributed by atoms with E-state index in [-0.39, 0.29) is 11.5 Å². The van der Waals surface area contributed by atoms with E-state index in [2.05, 4.69) is 24.1 Å². The predicted octanol–water partition coefficient (Wildman–Crippen LogP) is 2.54. The van der Waals surface area contributed by atoms with Gasteiger partial charge in [0.15, 0.2) is 11.5 Å². The quantitative estimate of drug-likeness (QED) is 0.826. The molecule has 1 fully saturated rings. The zero-order chi connectivity index (χ0) is 19.2. The van der Waals surface area contributed by atoms with Crippen LogP contribution in [0, 0.1) is 5.92 Å². The zero-order valence-corrected chi connectivity index (χ0v) is 16.8. The van der Waals surface area contributed by atoms with E-state index in [1.54, 1.807) is 7.11 Å². The van der Waals surface area contributed by atoms with Crippen LogP contribution in [-0.4, -0.2) is 62.2 Å². The number of aliphatic hydroxyl groups is 1. The number of piperidine rings is 1. The maximum Gasteiger partial charge on any atom is 0.165 e. The van der Waals surface area contributed by atoms with Crippen LogP contribution < -0.4 is 9.47 Å². The lowest BCUT2D eigenvalue weighted by molar-refractivity contribution is -0.0453. The molecule has 5 heteroatoms. The standard InChI is InChI=1S/C18H21NO3.C4H10O/c1-19-8-7-18-11-4-5-13(20)17(18)22-16-14(21-2)6-3-10(15(16)18)9-12(11)19;1-3-5-4-2/h3-6,11-13,17,20H,7-9H2,1-2H3;3-4H2,1-2H3/t11-,12+,13-,17-,18-;/m0./s1. The van der Waals surface area contributed by atoms with Crippen molar-refractivity contribution in [1.82, 2.24) is 4.90 Å². The summed E-state index contributed by atoms with van der Waals surface area (Å²) in [7, 11) is 3.91. The molecule has 4 aliphatic rings. The molecule has 0 saturated carbocycles. The summed E-state index contributed by atoms with van der Waals surface area (Å²) in [6.07, 6.45) is 5.54. The Labute approximate surface area is 161 Å². The third-order valence-corrected chi connectivity index (χ3v) is 6.76. The molecule has 0 amide bonds. The van der Waals surface area contributed by atoms with Gasteiger partial charge in [-0.2, -0.15) is 0 Å². The molecule has 5 nitrogen and oxygen atoms in total. The fraction of sp³-hybridized carbons (Fsp3) is 0.636. The van der Waals surface area contributed by atoms with Crippen LogP contribution in [0.1, 0.15) is 31.4 Å². The number of aliphatic hydroxyl groups excluding tert-OH is 1. The van der Waals surface area contributed by atoms with E-state index < -0.39 is 6.10 Å². The Balaban J connectivity index is 0.000000323. The fourth-order valence-corrected chi connectivity index (χ4v) is 5.59. The van der Waals surface area contributed by atoms with Gasteiger partial charge in [0.2, 0.25) is 0 Å². The first-order valence-electron chi connectivity index (χ1n) is 10.1. The van der Waals surface area contributed by atoms with Crippen LogP contribution in [0.5, 0.6) is 11.5 Å². The first kappa shape index (κ1) is 18.8. The van der Waals surface area contributed by atoms with Crippen LogP contribution in [0.15, 0.2) is 24.3 Å². The topological polar surface area (TPSA) is 51.2 Å². The summed E-state index contributed by atoms with van der Waals surface area (Å²) in [4.78, 5) is 2.47. The van der Waals surface area contributed by atoms with E-state index in [1.165, 1.54) is 11.1 Å². The van der Waals surface area contributed by atoms with Crippen LogP contribution in [0.3, 0.4) is 0 Å². The highest BCUT2D eigenvalue weighted by molar-refractivity contribution is 5.62. The lowest BCUT2D eigenvalue weighted by Gasteiger charge is -2.56. The second-order valence-corrected chi connectivity index (χ2v) is 7.89. The van der Waals surface area contributed by atoms with E-state index in [4.69, 9.17) is 14.2 Å². The Kier molecular flexibility index (Phi) is 4.95. The second-order valence-electron chi connectivity index (χ2n) is 7.89. The van der Waals surface area contributed by atoms with Crippen LogP contribution in [0.2, 0.25) is 0 Å². The first-order chi connectivity index (χ1) is 13.1. The van der Waals surface area contributed by atoms with Gasteiger partial charge in [0.25, 0.3) is 0 Å². The summed E-state index contributed by atoms with van der Waals surface area (Å²) in [5, 5.41) is 10.6. The summed E-state index contributed by atoms with van der Waals surface area (Å²) in [6, 6.07) is 4.70. The molecule has 2 aliphatic heterocycles. The van der Waals surface area contributed by atoms with Crippen LogP contribution >= 0.6 is 0 Å². The minimum Gasteiger partial charge on any atom is -0.493 e. The summed E-state index contributed by atoms with van der Waals surface area (Å²) >= 11 is 0. The summed E-state index contributed by atoms with van der Waals surface area (Å²) < 4.78 is 16.7. The van der Waals surface area contributed by atoms with Gasteiger partial charge in [-0.05, 0) is 51.9 Å². The molecule has 2 bridgehead atoms. The Morgan fingerprint density at radius 1 is 1.26 bits per heavy atom. The molecule has 5 atom stereocenters. The monoisotopic (exact) mass is 373 g/mol. The van der Waals surface area contributed by atoms with Gasteiger partial charge in [-0.25, -0.2) is 0 Å². The molecule has 1 spiro atoms. The second kappa shape index (κ2) is 7.12. The van der Waals surface area contributed by atoms with Gasteiger partial charge in [-0.3, -0.25) is 0 Å². The number of benzene rings is 1. The first-order valence-corrected chi connectivity index (χ1v) is 10.1. The highest BCUT2D eigenvalue weighted by Gasteiger charge is 2.64. The van der Waals surface area contributed by atoms with Gasteiger partial charge in [0, 0.05) is 36.2 Å². The largest absolute Gasteiger partial charge is 0.493 e. The number of ether oxygens (including phenoxy) is 3. The van der Waals surface area contributed by atoms with Crippen molar-refractivity contribution in [3.63, 3.8) is 0 Å². The highest BCUT2D eigenvalue weighted by Crippen LogP contribution is 2.62. The molecule has 0 radical (unpaired) electrons. The Morgan fingerprint density at radius 2 is 2.04 bits per heavy atom.